The Morgan fingerprint density at radius 2 is 1.62 bits per heavy atom. The molecule has 1 radical (unpaired) electrons. The molecule has 3 aromatic carbocycles. The fourth-order valence-electron chi connectivity index (χ4n) is 4.58. The first-order valence-corrected chi connectivity index (χ1v) is 13.4. The maximum absolute atomic E-state index is 6.26. The zero-order valence-electron chi connectivity index (χ0n) is 22.1. The summed E-state index contributed by atoms with van der Waals surface area (Å²) in [6.07, 6.45) is 3.79. The Kier molecular flexibility index (Phi) is 7.76. The zero-order valence-corrected chi connectivity index (χ0v) is 25.3. The minimum atomic E-state index is 0. The molecule has 7 aromatic rings. The van der Waals surface area contributed by atoms with Gasteiger partial charge in [-0.2, -0.15) is 0 Å². The van der Waals surface area contributed by atoms with Crippen molar-refractivity contribution in [3.05, 3.63) is 119 Å². The van der Waals surface area contributed by atoms with Gasteiger partial charge in [-0.05, 0) is 73.8 Å². The minimum absolute atomic E-state index is 0. The molecule has 39 heavy (non-hydrogen) atoms. The second kappa shape index (κ2) is 11.2. The molecule has 0 aliphatic carbocycles. The summed E-state index contributed by atoms with van der Waals surface area (Å²) in [5.74, 6) is 0. The Balaban J connectivity index is 0.000000187. The van der Waals surface area contributed by atoms with Gasteiger partial charge in [0.1, 0.15) is 5.58 Å². The predicted molar refractivity (Wildman–Crippen MR) is 159 cm³/mol. The molecule has 0 spiro atoms. The van der Waals surface area contributed by atoms with Gasteiger partial charge >= 0.3 is 0 Å². The Labute approximate surface area is 245 Å². The molecule has 7 rings (SSSR count). The molecule has 0 atom stereocenters. The summed E-state index contributed by atoms with van der Waals surface area (Å²) in [5.41, 5.74) is 9.25. The summed E-state index contributed by atoms with van der Waals surface area (Å²) in [4.78, 5) is 10.2. The van der Waals surface area contributed by atoms with Crippen LogP contribution in [0, 0.1) is 39.8 Å². The molecule has 0 amide bonds. The fraction of sp³-hybridized carbons (Fsp3) is 0.118. The number of furan rings is 1. The van der Waals surface area contributed by atoms with Gasteiger partial charge in [-0.25, -0.2) is 0 Å². The van der Waals surface area contributed by atoms with Gasteiger partial charge in [0.2, 0.25) is 0 Å². The summed E-state index contributed by atoms with van der Waals surface area (Å²) in [6, 6.07) is 31.0. The molecule has 195 valence electrons. The van der Waals surface area contributed by atoms with Gasteiger partial charge in [0.25, 0.3) is 0 Å². The van der Waals surface area contributed by atoms with Crippen molar-refractivity contribution in [3.8, 4) is 22.5 Å². The van der Waals surface area contributed by atoms with E-state index >= 15 is 0 Å². The van der Waals surface area contributed by atoms with Crippen LogP contribution in [0.1, 0.15) is 21.6 Å². The number of hydrogen-bond donors (Lipinski definition) is 0. The number of aromatic nitrogens is 2. The van der Waals surface area contributed by atoms with E-state index < -0.39 is 0 Å². The predicted octanol–water partition coefficient (Wildman–Crippen LogP) is 9.44. The van der Waals surface area contributed by atoms with Crippen molar-refractivity contribution in [3.63, 3.8) is 0 Å². The number of rotatable bonds is 2. The number of hydrogen-bond acceptors (Lipinski definition) is 4. The molecular formula is C34H26IrN2OS-2. The molecule has 0 N–H and O–H groups in total. The molecular weight excluding hydrogens is 677 g/mol. The largest absolute Gasteiger partial charge is 0.501 e. The number of fused-ring (bicyclic) bond motifs is 5. The van der Waals surface area contributed by atoms with Crippen LogP contribution < -0.4 is 0 Å². The second-order valence-corrected chi connectivity index (χ2v) is 10.8. The van der Waals surface area contributed by atoms with E-state index in [1.54, 1.807) is 0 Å². The van der Waals surface area contributed by atoms with Crippen molar-refractivity contribution in [2.24, 2.45) is 0 Å². The third-order valence-electron chi connectivity index (χ3n) is 6.73. The number of pyridine rings is 2. The Hall–Kier alpha value is -3.63. The van der Waals surface area contributed by atoms with Crippen molar-refractivity contribution >= 4 is 43.4 Å². The number of thiophene rings is 1. The first kappa shape index (κ1) is 27.0. The van der Waals surface area contributed by atoms with Crippen molar-refractivity contribution in [2.45, 2.75) is 27.7 Å². The van der Waals surface area contributed by atoms with E-state index in [2.05, 4.69) is 79.3 Å². The van der Waals surface area contributed by atoms with Gasteiger partial charge in [-0.15, -0.1) is 65.4 Å². The van der Waals surface area contributed by atoms with Crippen LogP contribution in [-0.4, -0.2) is 9.97 Å². The maximum atomic E-state index is 6.26. The van der Waals surface area contributed by atoms with E-state index in [4.69, 9.17) is 4.42 Å². The summed E-state index contributed by atoms with van der Waals surface area (Å²) >= 11 is 1.82. The molecule has 0 unspecified atom stereocenters. The van der Waals surface area contributed by atoms with E-state index in [1.165, 1.54) is 37.0 Å². The minimum Gasteiger partial charge on any atom is -0.501 e. The van der Waals surface area contributed by atoms with Gasteiger partial charge in [0.15, 0.2) is 0 Å². The smallest absolute Gasteiger partial charge is 0.122 e. The van der Waals surface area contributed by atoms with Crippen LogP contribution in [0.4, 0.5) is 0 Å². The van der Waals surface area contributed by atoms with E-state index in [0.29, 0.717) is 0 Å². The molecule has 0 saturated heterocycles. The average Bonchev–Trinajstić information content (AvgIpc) is 3.51. The van der Waals surface area contributed by atoms with Gasteiger partial charge in [0.05, 0.1) is 5.58 Å². The molecule has 4 aromatic heterocycles. The van der Waals surface area contributed by atoms with Crippen molar-refractivity contribution in [2.75, 3.05) is 0 Å². The second-order valence-electron chi connectivity index (χ2n) is 9.56. The van der Waals surface area contributed by atoms with Gasteiger partial charge in [-0.1, -0.05) is 34.7 Å². The van der Waals surface area contributed by atoms with Gasteiger partial charge in [-0.3, -0.25) is 0 Å². The zero-order chi connectivity index (χ0) is 26.2. The SMILES string of the molecule is Cc1cc2ccc3oc4c(-c5cc(C)c(C)cn5)[c-]ccc4c3c2s1.Cc1ccc(-c2[c-]cccc2)nc1.[Ir]. The summed E-state index contributed by atoms with van der Waals surface area (Å²) < 4.78 is 7.55. The molecule has 0 bridgehead atoms. The molecule has 0 saturated carbocycles. The standard InChI is InChI=1S/C22H16NOS.C12H10N.Ir/c1-12-9-18(23-11-13(12)2)16-5-4-6-17-20-19(24-21(16)17)8-7-15-10-14(3)25-22(15)20;1-10-7-8-12(13-9-10)11-5-3-2-4-6-11;/h4,6-11H,1-3H3;2-5,7-9H,1H3;/q2*-1;. The molecule has 5 heteroatoms. The Bertz CT molecular complexity index is 1900. The maximum Gasteiger partial charge on any atom is 0.122 e. The van der Waals surface area contributed by atoms with Crippen molar-refractivity contribution in [1.82, 2.24) is 9.97 Å². The Morgan fingerprint density at radius 1 is 0.769 bits per heavy atom. The van der Waals surface area contributed by atoms with Crippen LogP contribution >= 0.6 is 11.3 Å². The number of benzene rings is 3. The average molecular weight is 703 g/mol. The van der Waals surface area contributed by atoms with Crippen LogP contribution in [0.5, 0.6) is 0 Å². The van der Waals surface area contributed by atoms with Gasteiger partial charge in [0, 0.05) is 47.5 Å². The molecule has 0 fully saturated rings. The van der Waals surface area contributed by atoms with Crippen LogP contribution in [-0.2, 0) is 20.1 Å². The monoisotopic (exact) mass is 703 g/mol. The summed E-state index contributed by atoms with van der Waals surface area (Å²) in [7, 11) is 0. The molecule has 3 nitrogen and oxygen atoms in total. The van der Waals surface area contributed by atoms with Crippen molar-refractivity contribution < 1.29 is 24.5 Å². The van der Waals surface area contributed by atoms with Gasteiger partial charge < -0.3 is 14.4 Å². The van der Waals surface area contributed by atoms with E-state index in [-0.39, 0.29) is 20.1 Å². The summed E-state index contributed by atoms with van der Waals surface area (Å²) in [6.45, 7) is 8.37. The van der Waals surface area contributed by atoms with Crippen LogP contribution in [0.25, 0.3) is 54.5 Å². The Morgan fingerprint density at radius 3 is 2.36 bits per heavy atom. The van der Waals surface area contributed by atoms with Crippen LogP contribution in [0.15, 0.2) is 89.6 Å². The van der Waals surface area contributed by atoms with Crippen molar-refractivity contribution in [1.29, 1.82) is 0 Å². The number of aryl methyl sites for hydroxylation is 4. The molecule has 0 aliphatic heterocycles. The van der Waals surface area contributed by atoms with E-state index in [0.717, 1.165) is 39.1 Å². The first-order chi connectivity index (χ1) is 18.5. The summed E-state index contributed by atoms with van der Waals surface area (Å²) in [5, 5.41) is 3.61. The molecule has 0 aliphatic rings. The number of nitrogens with zero attached hydrogens (tertiary/aromatic N) is 2. The van der Waals surface area contributed by atoms with Crippen LogP contribution in [0.2, 0.25) is 0 Å². The third-order valence-corrected chi connectivity index (χ3v) is 7.81. The third kappa shape index (κ3) is 5.31. The van der Waals surface area contributed by atoms with Crippen LogP contribution in [0.3, 0.4) is 0 Å². The normalized spacial score (nSPS) is 10.9. The first-order valence-electron chi connectivity index (χ1n) is 12.6. The topological polar surface area (TPSA) is 38.9 Å². The molecule has 4 heterocycles. The quantitative estimate of drug-likeness (QED) is 0.169. The fourth-order valence-corrected chi connectivity index (χ4v) is 5.65. The van der Waals surface area contributed by atoms with E-state index in [1.807, 2.05) is 67.1 Å². The van der Waals surface area contributed by atoms with E-state index in [9.17, 15) is 0 Å².